The number of halogens is 1. The van der Waals surface area contributed by atoms with Gasteiger partial charge in [-0.05, 0) is 41.8 Å². The second-order valence-electron chi connectivity index (χ2n) is 4.84. The SMILES string of the molecule is OCCc1ccc(NCc2cc(Cl)c3c(c2)OCO3)cc1. The number of hydrogen-bond donors (Lipinski definition) is 2. The molecule has 0 spiro atoms. The molecule has 3 rings (SSSR count). The summed E-state index contributed by atoms with van der Waals surface area (Å²) in [7, 11) is 0. The topological polar surface area (TPSA) is 50.7 Å². The van der Waals surface area contributed by atoms with E-state index in [9.17, 15) is 0 Å². The Morgan fingerprint density at radius 3 is 2.67 bits per heavy atom. The summed E-state index contributed by atoms with van der Waals surface area (Å²) in [4.78, 5) is 0. The van der Waals surface area contributed by atoms with Crippen molar-refractivity contribution in [1.82, 2.24) is 0 Å². The second kappa shape index (κ2) is 6.24. The Hall–Kier alpha value is -1.91. The predicted octanol–water partition coefficient (Wildman–Crippen LogP) is 3.22. The van der Waals surface area contributed by atoms with Gasteiger partial charge in [0.05, 0.1) is 5.02 Å². The van der Waals surface area contributed by atoms with Crippen LogP contribution in [0.2, 0.25) is 5.02 Å². The van der Waals surface area contributed by atoms with Gasteiger partial charge in [0.25, 0.3) is 0 Å². The monoisotopic (exact) mass is 305 g/mol. The molecule has 0 saturated carbocycles. The van der Waals surface area contributed by atoms with Crippen LogP contribution in [0.3, 0.4) is 0 Å². The van der Waals surface area contributed by atoms with Crippen molar-refractivity contribution in [3.05, 3.63) is 52.5 Å². The lowest BCUT2D eigenvalue weighted by Crippen LogP contribution is -2.00. The van der Waals surface area contributed by atoms with Crippen LogP contribution in [0.1, 0.15) is 11.1 Å². The van der Waals surface area contributed by atoms with Crippen molar-refractivity contribution >= 4 is 17.3 Å². The van der Waals surface area contributed by atoms with Crippen LogP contribution in [0.25, 0.3) is 0 Å². The zero-order valence-corrected chi connectivity index (χ0v) is 12.2. The van der Waals surface area contributed by atoms with E-state index in [1.54, 1.807) is 0 Å². The van der Waals surface area contributed by atoms with Crippen molar-refractivity contribution < 1.29 is 14.6 Å². The lowest BCUT2D eigenvalue weighted by Gasteiger charge is -2.09. The van der Waals surface area contributed by atoms with Crippen LogP contribution in [0.5, 0.6) is 11.5 Å². The van der Waals surface area contributed by atoms with Crippen molar-refractivity contribution in [1.29, 1.82) is 0 Å². The summed E-state index contributed by atoms with van der Waals surface area (Å²) in [6.45, 7) is 1.04. The summed E-state index contributed by atoms with van der Waals surface area (Å²) >= 11 is 6.16. The molecule has 0 saturated heterocycles. The molecule has 0 unspecified atom stereocenters. The normalized spacial score (nSPS) is 12.5. The molecule has 0 atom stereocenters. The minimum Gasteiger partial charge on any atom is -0.454 e. The average molecular weight is 306 g/mol. The van der Waals surface area contributed by atoms with Gasteiger partial charge in [0.1, 0.15) is 0 Å². The molecule has 21 heavy (non-hydrogen) atoms. The smallest absolute Gasteiger partial charge is 0.231 e. The zero-order valence-electron chi connectivity index (χ0n) is 11.4. The van der Waals surface area contributed by atoms with Gasteiger partial charge in [-0.3, -0.25) is 0 Å². The molecule has 1 aliphatic heterocycles. The molecule has 0 aliphatic carbocycles. The maximum atomic E-state index is 8.89. The molecule has 5 heteroatoms. The molecule has 1 heterocycles. The van der Waals surface area contributed by atoms with Gasteiger partial charge in [-0.1, -0.05) is 23.7 Å². The quantitative estimate of drug-likeness (QED) is 0.890. The Balaban J connectivity index is 1.66. The maximum absolute atomic E-state index is 8.89. The molecular formula is C16H16ClNO3. The number of anilines is 1. The summed E-state index contributed by atoms with van der Waals surface area (Å²) in [5.41, 5.74) is 3.17. The third kappa shape index (κ3) is 3.23. The van der Waals surface area contributed by atoms with E-state index in [1.165, 1.54) is 0 Å². The fourth-order valence-corrected chi connectivity index (χ4v) is 2.53. The number of aliphatic hydroxyl groups is 1. The van der Waals surface area contributed by atoms with Gasteiger partial charge in [-0.2, -0.15) is 0 Å². The Morgan fingerprint density at radius 2 is 1.90 bits per heavy atom. The maximum Gasteiger partial charge on any atom is 0.231 e. The average Bonchev–Trinajstić information content (AvgIpc) is 2.96. The number of ether oxygens (including phenoxy) is 2. The molecule has 2 N–H and O–H groups in total. The van der Waals surface area contributed by atoms with Crippen LogP contribution >= 0.6 is 11.6 Å². The first kappa shape index (κ1) is 14.0. The highest BCUT2D eigenvalue weighted by Gasteiger charge is 2.18. The molecule has 0 radical (unpaired) electrons. The lowest BCUT2D eigenvalue weighted by molar-refractivity contribution is 0.174. The van der Waals surface area contributed by atoms with Crippen LogP contribution in [-0.2, 0) is 13.0 Å². The molecule has 4 nitrogen and oxygen atoms in total. The van der Waals surface area contributed by atoms with E-state index in [1.807, 2.05) is 36.4 Å². The minimum absolute atomic E-state index is 0.169. The van der Waals surface area contributed by atoms with Gasteiger partial charge >= 0.3 is 0 Å². The van der Waals surface area contributed by atoms with Gasteiger partial charge < -0.3 is 19.9 Å². The predicted molar refractivity (Wildman–Crippen MR) is 82.1 cm³/mol. The van der Waals surface area contributed by atoms with Crippen LogP contribution in [0.4, 0.5) is 5.69 Å². The summed E-state index contributed by atoms with van der Waals surface area (Å²) in [6, 6.07) is 11.8. The number of rotatable bonds is 5. The lowest BCUT2D eigenvalue weighted by atomic mass is 10.1. The van der Waals surface area contributed by atoms with Gasteiger partial charge in [-0.25, -0.2) is 0 Å². The summed E-state index contributed by atoms with van der Waals surface area (Å²) in [5, 5.41) is 12.8. The fourth-order valence-electron chi connectivity index (χ4n) is 2.25. The molecule has 1 aliphatic rings. The van der Waals surface area contributed by atoms with E-state index < -0.39 is 0 Å². The molecule has 0 fully saturated rings. The first-order valence-corrected chi connectivity index (χ1v) is 7.16. The Labute approximate surface area is 128 Å². The standard InChI is InChI=1S/C16H16ClNO3/c17-14-7-12(8-15-16(14)21-10-20-15)9-18-13-3-1-11(2-4-13)5-6-19/h1-4,7-8,18-19H,5-6,9-10H2. The highest BCUT2D eigenvalue weighted by Crippen LogP contribution is 2.39. The molecule has 0 amide bonds. The Bertz CT molecular complexity index is 628. The molecule has 110 valence electrons. The number of benzene rings is 2. The van der Waals surface area contributed by atoms with Crippen LogP contribution in [0, 0.1) is 0 Å². The van der Waals surface area contributed by atoms with Crippen LogP contribution in [-0.4, -0.2) is 18.5 Å². The van der Waals surface area contributed by atoms with Crippen molar-refractivity contribution in [2.24, 2.45) is 0 Å². The second-order valence-corrected chi connectivity index (χ2v) is 5.24. The molecule has 2 aromatic rings. The fraction of sp³-hybridized carbons (Fsp3) is 0.250. The zero-order chi connectivity index (χ0) is 14.7. The third-order valence-electron chi connectivity index (χ3n) is 3.34. The minimum atomic E-state index is 0.169. The van der Waals surface area contributed by atoms with E-state index in [0.717, 1.165) is 16.8 Å². The van der Waals surface area contributed by atoms with E-state index in [0.29, 0.717) is 29.5 Å². The highest BCUT2D eigenvalue weighted by molar-refractivity contribution is 6.32. The summed E-state index contributed by atoms with van der Waals surface area (Å²) in [6.07, 6.45) is 0.679. The highest BCUT2D eigenvalue weighted by atomic mass is 35.5. The van der Waals surface area contributed by atoms with E-state index >= 15 is 0 Å². The Kier molecular flexibility index (Phi) is 4.18. The van der Waals surface area contributed by atoms with Gasteiger partial charge in [-0.15, -0.1) is 0 Å². The van der Waals surface area contributed by atoms with Gasteiger partial charge in [0.2, 0.25) is 6.79 Å². The van der Waals surface area contributed by atoms with Gasteiger partial charge in [0.15, 0.2) is 11.5 Å². The largest absolute Gasteiger partial charge is 0.454 e. The Morgan fingerprint density at radius 1 is 1.10 bits per heavy atom. The van der Waals surface area contributed by atoms with E-state index in [4.69, 9.17) is 26.2 Å². The van der Waals surface area contributed by atoms with Crippen molar-refractivity contribution in [2.45, 2.75) is 13.0 Å². The first-order chi connectivity index (χ1) is 10.3. The molecule has 0 bridgehead atoms. The number of aliphatic hydroxyl groups excluding tert-OH is 1. The van der Waals surface area contributed by atoms with Crippen LogP contribution < -0.4 is 14.8 Å². The van der Waals surface area contributed by atoms with E-state index in [-0.39, 0.29) is 13.4 Å². The number of hydrogen-bond acceptors (Lipinski definition) is 4. The summed E-state index contributed by atoms with van der Waals surface area (Å²) in [5.74, 6) is 1.31. The van der Waals surface area contributed by atoms with Gasteiger partial charge in [0, 0.05) is 18.8 Å². The summed E-state index contributed by atoms with van der Waals surface area (Å²) < 4.78 is 10.6. The first-order valence-electron chi connectivity index (χ1n) is 6.78. The van der Waals surface area contributed by atoms with Crippen molar-refractivity contribution in [3.63, 3.8) is 0 Å². The number of fused-ring (bicyclic) bond motifs is 1. The number of nitrogens with one attached hydrogen (secondary N) is 1. The van der Waals surface area contributed by atoms with Crippen LogP contribution in [0.15, 0.2) is 36.4 Å². The third-order valence-corrected chi connectivity index (χ3v) is 3.62. The molecular weight excluding hydrogens is 290 g/mol. The molecule has 2 aromatic carbocycles. The van der Waals surface area contributed by atoms with Crippen molar-refractivity contribution in [2.75, 3.05) is 18.7 Å². The molecule has 0 aromatic heterocycles. The van der Waals surface area contributed by atoms with Crippen molar-refractivity contribution in [3.8, 4) is 11.5 Å². The van der Waals surface area contributed by atoms with E-state index in [2.05, 4.69) is 5.32 Å².